The number of carbonyl (C=O) groups is 1. The average Bonchev–Trinajstić information content (AvgIpc) is 2.43. The molecular weight excluding hydrogens is 266 g/mol. The lowest BCUT2D eigenvalue weighted by molar-refractivity contribution is -0.0355. The Morgan fingerprint density at radius 2 is 2.10 bits per heavy atom. The minimum absolute atomic E-state index is 0.0587. The highest BCUT2D eigenvalue weighted by atomic mass is 16.5. The molecule has 0 aliphatic carbocycles. The average molecular weight is 291 g/mol. The first-order valence-corrected chi connectivity index (χ1v) is 7.38. The summed E-state index contributed by atoms with van der Waals surface area (Å²) in [6.45, 7) is 7.27. The summed E-state index contributed by atoms with van der Waals surface area (Å²) in [7, 11) is 4.00. The number of urea groups is 1. The van der Waals surface area contributed by atoms with Crippen LogP contribution in [0.1, 0.15) is 19.4 Å². The van der Waals surface area contributed by atoms with Crippen LogP contribution in [-0.2, 0) is 4.74 Å². The molecule has 116 valence electrons. The van der Waals surface area contributed by atoms with E-state index in [9.17, 15) is 4.79 Å². The molecule has 2 rings (SSSR count). The van der Waals surface area contributed by atoms with Gasteiger partial charge in [0.2, 0.25) is 0 Å². The van der Waals surface area contributed by atoms with Crippen LogP contribution in [0.15, 0.2) is 18.2 Å². The van der Waals surface area contributed by atoms with Crippen LogP contribution in [-0.4, -0.2) is 50.3 Å². The van der Waals surface area contributed by atoms with Crippen molar-refractivity contribution in [3.8, 4) is 0 Å². The number of nitrogens with zero attached hydrogens (tertiary/aromatic N) is 2. The fraction of sp³-hybridized carbons (Fsp3) is 0.562. The minimum Gasteiger partial charge on any atom is -0.377 e. The van der Waals surface area contributed by atoms with Crippen molar-refractivity contribution in [2.45, 2.75) is 32.9 Å². The monoisotopic (exact) mass is 291 g/mol. The Kier molecular flexibility index (Phi) is 4.73. The first-order valence-electron chi connectivity index (χ1n) is 7.38. The molecule has 0 bridgehead atoms. The zero-order valence-corrected chi connectivity index (χ0v) is 13.5. The SMILES string of the molecule is Cc1c(NC(=O)N2CCO[C@@H](C)[C@@H]2C)cccc1N(C)C. The number of morpholine rings is 1. The molecule has 1 aliphatic heterocycles. The molecule has 2 amide bonds. The molecule has 1 N–H and O–H groups in total. The van der Waals surface area contributed by atoms with Gasteiger partial charge in [-0.05, 0) is 38.5 Å². The molecule has 0 radical (unpaired) electrons. The number of nitrogens with one attached hydrogen (secondary N) is 1. The van der Waals surface area contributed by atoms with E-state index in [4.69, 9.17) is 4.74 Å². The van der Waals surface area contributed by atoms with Gasteiger partial charge in [-0.25, -0.2) is 4.79 Å². The lowest BCUT2D eigenvalue weighted by Crippen LogP contribution is -2.52. The zero-order valence-electron chi connectivity index (χ0n) is 13.5. The number of carbonyl (C=O) groups excluding carboxylic acids is 1. The zero-order chi connectivity index (χ0) is 15.6. The van der Waals surface area contributed by atoms with Gasteiger partial charge in [0.1, 0.15) is 0 Å². The normalized spacial score (nSPS) is 22.0. The Morgan fingerprint density at radius 1 is 1.38 bits per heavy atom. The summed E-state index contributed by atoms with van der Waals surface area (Å²) in [5.41, 5.74) is 3.04. The highest BCUT2D eigenvalue weighted by Gasteiger charge is 2.29. The highest BCUT2D eigenvalue weighted by Crippen LogP contribution is 2.26. The van der Waals surface area contributed by atoms with Crippen molar-refractivity contribution in [3.63, 3.8) is 0 Å². The Morgan fingerprint density at radius 3 is 2.76 bits per heavy atom. The molecule has 1 fully saturated rings. The number of amides is 2. The molecule has 21 heavy (non-hydrogen) atoms. The van der Waals surface area contributed by atoms with Crippen LogP contribution >= 0.6 is 0 Å². The Labute approximate surface area is 126 Å². The van der Waals surface area contributed by atoms with Gasteiger partial charge in [-0.2, -0.15) is 0 Å². The fourth-order valence-corrected chi connectivity index (χ4v) is 2.65. The van der Waals surface area contributed by atoms with Gasteiger partial charge in [-0.3, -0.25) is 0 Å². The summed E-state index contributed by atoms with van der Waals surface area (Å²) < 4.78 is 5.57. The van der Waals surface area contributed by atoms with Gasteiger partial charge in [0.15, 0.2) is 0 Å². The predicted octanol–water partition coefficient (Wildman–Crippen LogP) is 2.70. The molecule has 1 aliphatic rings. The topological polar surface area (TPSA) is 44.8 Å². The van der Waals surface area contributed by atoms with Gasteiger partial charge < -0.3 is 19.9 Å². The second kappa shape index (κ2) is 6.35. The molecule has 0 unspecified atom stereocenters. The molecule has 1 aromatic rings. The molecule has 1 saturated heterocycles. The highest BCUT2D eigenvalue weighted by molar-refractivity contribution is 5.91. The quantitative estimate of drug-likeness (QED) is 0.911. The first-order chi connectivity index (χ1) is 9.91. The summed E-state index contributed by atoms with van der Waals surface area (Å²) in [5.74, 6) is 0. The van der Waals surface area contributed by atoms with Crippen molar-refractivity contribution in [2.24, 2.45) is 0 Å². The van der Waals surface area contributed by atoms with E-state index in [1.54, 1.807) is 0 Å². The van der Waals surface area contributed by atoms with E-state index in [1.807, 2.05) is 62.9 Å². The van der Waals surface area contributed by atoms with Gasteiger partial charge in [0, 0.05) is 32.0 Å². The van der Waals surface area contributed by atoms with Gasteiger partial charge in [-0.1, -0.05) is 6.07 Å². The van der Waals surface area contributed by atoms with Crippen molar-refractivity contribution >= 4 is 17.4 Å². The molecule has 5 heteroatoms. The first kappa shape index (κ1) is 15.6. The smallest absolute Gasteiger partial charge is 0.322 e. The van der Waals surface area contributed by atoms with E-state index in [1.165, 1.54) is 0 Å². The molecule has 0 saturated carbocycles. The lowest BCUT2D eigenvalue weighted by Gasteiger charge is -2.37. The molecule has 1 aromatic carbocycles. The van der Waals surface area contributed by atoms with E-state index in [0.717, 1.165) is 16.9 Å². The maximum Gasteiger partial charge on any atom is 0.322 e. The van der Waals surface area contributed by atoms with Crippen LogP contribution in [0.2, 0.25) is 0 Å². The molecule has 1 heterocycles. The Hall–Kier alpha value is -1.75. The third-order valence-electron chi connectivity index (χ3n) is 4.17. The number of anilines is 2. The van der Waals surface area contributed by atoms with E-state index in [2.05, 4.69) is 5.32 Å². The second-order valence-corrected chi connectivity index (χ2v) is 5.78. The Balaban J connectivity index is 2.14. The summed E-state index contributed by atoms with van der Waals surface area (Å²) in [6.07, 6.45) is 0.0682. The van der Waals surface area contributed by atoms with E-state index in [-0.39, 0.29) is 18.2 Å². The molecule has 0 spiro atoms. The summed E-state index contributed by atoms with van der Waals surface area (Å²) in [4.78, 5) is 16.4. The standard InChI is InChI=1S/C16H25N3O2/c1-11-14(7-6-8-15(11)18(4)5)17-16(20)19-9-10-21-13(3)12(19)2/h6-8,12-13H,9-10H2,1-5H3,(H,17,20)/t12-,13-/m0/s1. The van der Waals surface area contributed by atoms with Crippen LogP contribution < -0.4 is 10.2 Å². The number of hydrogen-bond donors (Lipinski definition) is 1. The molecular formula is C16H25N3O2. The summed E-state index contributed by atoms with van der Waals surface area (Å²) in [6, 6.07) is 5.97. The second-order valence-electron chi connectivity index (χ2n) is 5.78. The van der Waals surface area contributed by atoms with Crippen molar-refractivity contribution < 1.29 is 9.53 Å². The number of benzene rings is 1. The third-order valence-corrected chi connectivity index (χ3v) is 4.17. The maximum atomic E-state index is 12.5. The summed E-state index contributed by atoms with van der Waals surface area (Å²) in [5, 5.41) is 3.03. The van der Waals surface area contributed by atoms with Crippen LogP contribution in [0.5, 0.6) is 0 Å². The van der Waals surface area contributed by atoms with E-state index in [0.29, 0.717) is 13.2 Å². The van der Waals surface area contributed by atoms with Gasteiger partial charge in [-0.15, -0.1) is 0 Å². The van der Waals surface area contributed by atoms with Crippen LogP contribution in [0.25, 0.3) is 0 Å². The number of rotatable bonds is 2. The van der Waals surface area contributed by atoms with E-state index < -0.39 is 0 Å². The number of ether oxygens (including phenoxy) is 1. The fourth-order valence-electron chi connectivity index (χ4n) is 2.65. The minimum atomic E-state index is -0.0587. The van der Waals surface area contributed by atoms with Crippen LogP contribution in [0.3, 0.4) is 0 Å². The largest absolute Gasteiger partial charge is 0.377 e. The predicted molar refractivity (Wildman–Crippen MR) is 86.1 cm³/mol. The molecule has 0 aromatic heterocycles. The number of hydrogen-bond acceptors (Lipinski definition) is 3. The lowest BCUT2D eigenvalue weighted by atomic mass is 10.1. The Bertz CT molecular complexity index is 516. The maximum absolute atomic E-state index is 12.5. The van der Waals surface area contributed by atoms with Crippen molar-refractivity contribution in [3.05, 3.63) is 23.8 Å². The van der Waals surface area contributed by atoms with Crippen LogP contribution in [0.4, 0.5) is 16.2 Å². The third kappa shape index (κ3) is 3.29. The van der Waals surface area contributed by atoms with Crippen molar-refractivity contribution in [2.75, 3.05) is 37.5 Å². The van der Waals surface area contributed by atoms with Crippen molar-refractivity contribution in [1.82, 2.24) is 4.90 Å². The molecule has 5 nitrogen and oxygen atoms in total. The van der Waals surface area contributed by atoms with E-state index >= 15 is 0 Å². The summed E-state index contributed by atoms with van der Waals surface area (Å²) >= 11 is 0. The van der Waals surface area contributed by atoms with Gasteiger partial charge in [0.25, 0.3) is 0 Å². The van der Waals surface area contributed by atoms with Gasteiger partial charge >= 0.3 is 6.03 Å². The van der Waals surface area contributed by atoms with Crippen LogP contribution in [0, 0.1) is 6.92 Å². The van der Waals surface area contributed by atoms with Crippen molar-refractivity contribution in [1.29, 1.82) is 0 Å². The molecule has 2 atom stereocenters. The van der Waals surface area contributed by atoms with Gasteiger partial charge in [0.05, 0.1) is 18.8 Å².